The van der Waals surface area contributed by atoms with Crippen molar-refractivity contribution in [1.82, 2.24) is 0 Å². The van der Waals surface area contributed by atoms with Crippen molar-refractivity contribution in [2.24, 2.45) is 5.73 Å². The van der Waals surface area contributed by atoms with E-state index in [-0.39, 0.29) is 18.6 Å². The number of carbonyl (C=O) groups is 1. The molecule has 1 aliphatic heterocycles. The maximum absolute atomic E-state index is 12.4. The molecule has 0 saturated carbocycles. The van der Waals surface area contributed by atoms with Gasteiger partial charge in [-0.15, -0.1) is 0 Å². The summed E-state index contributed by atoms with van der Waals surface area (Å²) in [4.78, 5) is 12.4. The van der Waals surface area contributed by atoms with Gasteiger partial charge in [-0.2, -0.15) is 0 Å². The molecule has 1 saturated heterocycles. The molecular weight excluding hydrogens is 254 g/mol. The van der Waals surface area contributed by atoms with Crippen LogP contribution in [-0.2, 0) is 19.7 Å². The third-order valence-electron chi connectivity index (χ3n) is 4.10. The fourth-order valence-corrected chi connectivity index (χ4v) is 2.94. The lowest BCUT2D eigenvalue weighted by Crippen LogP contribution is -2.46. The Morgan fingerprint density at radius 2 is 2.35 bits per heavy atom. The molecule has 2 unspecified atom stereocenters. The van der Waals surface area contributed by atoms with Gasteiger partial charge in [0.05, 0.1) is 13.2 Å². The lowest BCUT2D eigenvalue weighted by Gasteiger charge is -2.32. The number of rotatable bonds is 5. The van der Waals surface area contributed by atoms with Crippen molar-refractivity contribution in [2.45, 2.75) is 37.7 Å². The lowest BCUT2D eigenvalue weighted by molar-refractivity contribution is -0.148. The van der Waals surface area contributed by atoms with Crippen LogP contribution < -0.4 is 5.73 Å². The van der Waals surface area contributed by atoms with Gasteiger partial charge in [0.25, 0.3) is 0 Å². The van der Waals surface area contributed by atoms with Gasteiger partial charge < -0.3 is 15.2 Å². The number of methoxy groups -OCH3 is 1. The van der Waals surface area contributed by atoms with Gasteiger partial charge in [-0.1, -0.05) is 29.8 Å². The Morgan fingerprint density at radius 1 is 1.55 bits per heavy atom. The molecule has 0 radical (unpaired) electrons. The Bertz CT molecular complexity index is 469. The van der Waals surface area contributed by atoms with Crippen LogP contribution in [-0.4, -0.2) is 32.3 Å². The number of nitrogens with two attached hydrogens (primary N) is 1. The monoisotopic (exact) mass is 277 g/mol. The summed E-state index contributed by atoms with van der Waals surface area (Å²) in [5, 5.41) is 0. The molecule has 0 aromatic heterocycles. The molecule has 2 atom stereocenters. The van der Waals surface area contributed by atoms with Crippen LogP contribution >= 0.6 is 0 Å². The molecule has 20 heavy (non-hydrogen) atoms. The first-order valence-electron chi connectivity index (χ1n) is 7.09. The molecule has 1 aliphatic rings. The van der Waals surface area contributed by atoms with Crippen molar-refractivity contribution in [3.8, 4) is 0 Å². The van der Waals surface area contributed by atoms with Crippen molar-refractivity contribution in [3.63, 3.8) is 0 Å². The smallest absolute Gasteiger partial charge is 0.317 e. The van der Waals surface area contributed by atoms with Gasteiger partial charge in [-0.3, -0.25) is 4.79 Å². The highest BCUT2D eigenvalue weighted by Gasteiger charge is 2.43. The third kappa shape index (κ3) is 2.86. The predicted molar refractivity (Wildman–Crippen MR) is 77.5 cm³/mol. The summed E-state index contributed by atoms with van der Waals surface area (Å²) < 4.78 is 10.7. The summed E-state index contributed by atoms with van der Waals surface area (Å²) in [6, 6.07) is 7.92. The SMILES string of the molecule is COC(=O)C(CN)(CC1CCCO1)c1cccc(C)c1. The fraction of sp³-hybridized carbons (Fsp3) is 0.562. The van der Waals surface area contributed by atoms with Crippen LogP contribution in [0.2, 0.25) is 0 Å². The van der Waals surface area contributed by atoms with E-state index in [2.05, 4.69) is 0 Å². The molecule has 1 aromatic carbocycles. The van der Waals surface area contributed by atoms with Crippen LogP contribution in [0.5, 0.6) is 0 Å². The van der Waals surface area contributed by atoms with E-state index in [1.807, 2.05) is 31.2 Å². The van der Waals surface area contributed by atoms with Crippen LogP contribution in [0.4, 0.5) is 0 Å². The zero-order valence-electron chi connectivity index (χ0n) is 12.2. The number of ether oxygens (including phenoxy) is 2. The molecular formula is C16H23NO3. The summed E-state index contributed by atoms with van der Waals surface area (Å²) in [6.45, 7) is 3.00. The van der Waals surface area contributed by atoms with Crippen molar-refractivity contribution >= 4 is 5.97 Å². The second kappa shape index (κ2) is 6.37. The lowest BCUT2D eigenvalue weighted by atomic mass is 9.75. The highest BCUT2D eigenvalue weighted by molar-refractivity contribution is 5.83. The highest BCUT2D eigenvalue weighted by atomic mass is 16.5. The molecule has 1 aromatic rings. The summed E-state index contributed by atoms with van der Waals surface area (Å²) in [6.07, 6.45) is 2.68. The van der Waals surface area contributed by atoms with Gasteiger partial charge in [0.1, 0.15) is 5.41 Å². The van der Waals surface area contributed by atoms with Gasteiger partial charge in [0.15, 0.2) is 0 Å². The van der Waals surface area contributed by atoms with Crippen molar-refractivity contribution < 1.29 is 14.3 Å². The quantitative estimate of drug-likeness (QED) is 0.835. The second-order valence-electron chi connectivity index (χ2n) is 5.49. The Labute approximate surface area is 120 Å². The molecule has 1 fully saturated rings. The number of hydrogen-bond acceptors (Lipinski definition) is 4. The van der Waals surface area contributed by atoms with E-state index in [0.717, 1.165) is 30.6 Å². The van der Waals surface area contributed by atoms with E-state index < -0.39 is 5.41 Å². The largest absolute Gasteiger partial charge is 0.468 e. The first kappa shape index (κ1) is 15.0. The Hall–Kier alpha value is -1.39. The Morgan fingerprint density at radius 3 is 2.90 bits per heavy atom. The number of carbonyl (C=O) groups excluding carboxylic acids is 1. The van der Waals surface area contributed by atoms with Gasteiger partial charge in [-0.25, -0.2) is 0 Å². The number of esters is 1. The third-order valence-corrected chi connectivity index (χ3v) is 4.10. The van der Waals surface area contributed by atoms with Crippen molar-refractivity contribution in [1.29, 1.82) is 0 Å². The van der Waals surface area contributed by atoms with Crippen molar-refractivity contribution in [3.05, 3.63) is 35.4 Å². The molecule has 2 N–H and O–H groups in total. The molecule has 110 valence electrons. The molecule has 0 bridgehead atoms. The Kier molecular flexibility index (Phi) is 4.78. The van der Waals surface area contributed by atoms with E-state index >= 15 is 0 Å². The standard InChI is InChI=1S/C16H23NO3/c1-12-5-3-6-13(9-12)16(11-17,15(18)19-2)10-14-7-4-8-20-14/h3,5-6,9,14H,4,7-8,10-11,17H2,1-2H3. The maximum Gasteiger partial charge on any atom is 0.317 e. The predicted octanol–water partition coefficient (Wildman–Crippen LogP) is 1.93. The maximum atomic E-state index is 12.4. The van der Waals surface area contributed by atoms with Crippen LogP contribution in [0.3, 0.4) is 0 Å². The van der Waals surface area contributed by atoms with Crippen LogP contribution in [0.15, 0.2) is 24.3 Å². The fourth-order valence-electron chi connectivity index (χ4n) is 2.94. The average molecular weight is 277 g/mol. The van der Waals surface area contributed by atoms with Crippen LogP contribution in [0.25, 0.3) is 0 Å². The molecule has 4 heteroatoms. The second-order valence-corrected chi connectivity index (χ2v) is 5.49. The van der Waals surface area contributed by atoms with Gasteiger partial charge in [-0.05, 0) is 31.7 Å². The number of hydrogen-bond donors (Lipinski definition) is 1. The summed E-state index contributed by atoms with van der Waals surface area (Å²) >= 11 is 0. The Balaban J connectivity index is 2.38. The molecule has 1 heterocycles. The van der Waals surface area contributed by atoms with E-state index in [4.69, 9.17) is 15.2 Å². The summed E-state index contributed by atoms with van der Waals surface area (Å²) in [7, 11) is 1.41. The van der Waals surface area contributed by atoms with Crippen molar-refractivity contribution in [2.75, 3.05) is 20.3 Å². The van der Waals surface area contributed by atoms with Gasteiger partial charge >= 0.3 is 5.97 Å². The number of benzene rings is 1. The molecule has 4 nitrogen and oxygen atoms in total. The molecule has 0 amide bonds. The highest BCUT2D eigenvalue weighted by Crippen LogP contribution is 2.34. The summed E-state index contributed by atoms with van der Waals surface area (Å²) in [5.41, 5.74) is 7.21. The number of aryl methyl sites for hydroxylation is 1. The topological polar surface area (TPSA) is 61.5 Å². The zero-order chi connectivity index (χ0) is 14.6. The van der Waals surface area contributed by atoms with Crippen LogP contribution in [0, 0.1) is 6.92 Å². The van der Waals surface area contributed by atoms with E-state index in [9.17, 15) is 4.79 Å². The van der Waals surface area contributed by atoms with Gasteiger partial charge in [0.2, 0.25) is 0 Å². The minimum absolute atomic E-state index is 0.0816. The van der Waals surface area contributed by atoms with E-state index in [1.165, 1.54) is 7.11 Å². The zero-order valence-corrected chi connectivity index (χ0v) is 12.2. The van der Waals surface area contributed by atoms with E-state index in [1.54, 1.807) is 0 Å². The normalized spacial score (nSPS) is 21.4. The first-order chi connectivity index (χ1) is 9.62. The van der Waals surface area contributed by atoms with Crippen LogP contribution in [0.1, 0.15) is 30.4 Å². The molecule has 2 rings (SSSR count). The molecule has 0 spiro atoms. The van der Waals surface area contributed by atoms with Gasteiger partial charge in [0, 0.05) is 13.2 Å². The average Bonchev–Trinajstić information content (AvgIpc) is 2.96. The minimum atomic E-state index is -0.810. The molecule has 0 aliphatic carbocycles. The van der Waals surface area contributed by atoms with E-state index in [0.29, 0.717) is 6.42 Å². The first-order valence-corrected chi connectivity index (χ1v) is 7.09. The summed E-state index contributed by atoms with van der Waals surface area (Å²) in [5.74, 6) is -0.277. The minimum Gasteiger partial charge on any atom is -0.468 e.